The molecule has 2 N–H and O–H groups in total. The minimum atomic E-state index is -0.463. The van der Waals surface area contributed by atoms with E-state index in [-0.39, 0.29) is 6.61 Å². The van der Waals surface area contributed by atoms with E-state index in [2.05, 4.69) is 10.9 Å². The third kappa shape index (κ3) is 5.40. The molecule has 0 fully saturated rings. The molecule has 7 heteroatoms. The second kappa shape index (κ2) is 9.94. The highest BCUT2D eigenvalue weighted by molar-refractivity contribution is 5.99. The van der Waals surface area contributed by atoms with Crippen molar-refractivity contribution in [2.75, 3.05) is 6.61 Å². The summed E-state index contributed by atoms with van der Waals surface area (Å²) in [5.74, 6) is -0.283. The van der Waals surface area contributed by atoms with E-state index in [0.717, 1.165) is 22.6 Å². The summed E-state index contributed by atoms with van der Waals surface area (Å²) in [4.78, 5) is 24.6. The number of para-hydroxylation sites is 1. The summed E-state index contributed by atoms with van der Waals surface area (Å²) in [6.45, 7) is 3.76. The first-order chi connectivity index (χ1) is 15.0. The van der Waals surface area contributed by atoms with Crippen molar-refractivity contribution in [2.45, 2.75) is 13.8 Å². The van der Waals surface area contributed by atoms with Crippen LogP contribution in [-0.2, 0) is 4.79 Å². The van der Waals surface area contributed by atoms with E-state index in [1.807, 2.05) is 54.8 Å². The second-order valence-corrected chi connectivity index (χ2v) is 6.75. The molecule has 2 amide bonds. The summed E-state index contributed by atoms with van der Waals surface area (Å²) in [6, 6.07) is 20.4. The summed E-state index contributed by atoms with van der Waals surface area (Å²) < 4.78 is 7.16. The van der Waals surface area contributed by atoms with Gasteiger partial charge in [0.25, 0.3) is 11.8 Å². The molecule has 31 heavy (non-hydrogen) atoms. The lowest BCUT2D eigenvalue weighted by atomic mass is 10.2. The van der Waals surface area contributed by atoms with Crippen LogP contribution in [-0.4, -0.2) is 23.0 Å². The van der Waals surface area contributed by atoms with E-state index in [1.54, 1.807) is 36.4 Å². The smallest absolute Gasteiger partial charge is 0.271 e. The van der Waals surface area contributed by atoms with Crippen LogP contribution < -0.4 is 15.6 Å². The maximum atomic E-state index is 12.6. The Morgan fingerprint density at radius 2 is 1.77 bits per heavy atom. The van der Waals surface area contributed by atoms with Gasteiger partial charge >= 0.3 is 0 Å². The topological polar surface area (TPSA) is 96.2 Å². The summed E-state index contributed by atoms with van der Waals surface area (Å²) in [6.07, 6.45) is 2.93. The van der Waals surface area contributed by atoms with E-state index in [4.69, 9.17) is 10.00 Å². The standard InChI is InChI=1S/C24H22N4O3/c1-17-16-22(18(2)28(17)20-6-4-3-5-7-20)24(30)27-26-23(29)13-10-19-8-11-21(12-9-19)31-15-14-25/h3-13,16H,15H2,1-2H3,(H,26,29)(H,27,30)/b13-10+. The predicted octanol–water partition coefficient (Wildman–Crippen LogP) is 3.47. The molecule has 2 aromatic carbocycles. The van der Waals surface area contributed by atoms with Crippen molar-refractivity contribution in [2.24, 2.45) is 0 Å². The Morgan fingerprint density at radius 3 is 2.45 bits per heavy atom. The number of amides is 2. The molecule has 0 saturated heterocycles. The van der Waals surface area contributed by atoms with Crippen molar-refractivity contribution in [1.29, 1.82) is 5.26 Å². The molecule has 156 valence electrons. The van der Waals surface area contributed by atoms with Gasteiger partial charge in [0.1, 0.15) is 11.8 Å². The Labute approximate surface area is 180 Å². The molecular formula is C24H22N4O3. The monoisotopic (exact) mass is 414 g/mol. The first-order valence-corrected chi connectivity index (χ1v) is 9.62. The number of nitriles is 1. The Morgan fingerprint density at radius 1 is 1.06 bits per heavy atom. The van der Waals surface area contributed by atoms with E-state index in [9.17, 15) is 9.59 Å². The Hall–Kier alpha value is -4.31. The molecule has 0 spiro atoms. The fourth-order valence-electron chi connectivity index (χ4n) is 3.16. The summed E-state index contributed by atoms with van der Waals surface area (Å²) in [5, 5.41) is 8.51. The van der Waals surface area contributed by atoms with Crippen LogP contribution in [0, 0.1) is 25.2 Å². The molecule has 0 radical (unpaired) electrons. The van der Waals surface area contributed by atoms with Crippen molar-refractivity contribution in [3.05, 3.63) is 89.3 Å². The molecule has 0 unspecified atom stereocenters. The molecule has 7 nitrogen and oxygen atoms in total. The van der Waals surface area contributed by atoms with Crippen molar-refractivity contribution in [1.82, 2.24) is 15.4 Å². The normalized spacial score (nSPS) is 10.5. The largest absolute Gasteiger partial charge is 0.479 e. The van der Waals surface area contributed by atoms with Crippen LogP contribution in [0.15, 0.2) is 66.7 Å². The highest BCUT2D eigenvalue weighted by atomic mass is 16.5. The zero-order chi connectivity index (χ0) is 22.2. The van der Waals surface area contributed by atoms with Gasteiger partial charge in [-0.1, -0.05) is 30.3 Å². The molecule has 1 aromatic heterocycles. The molecule has 0 bridgehead atoms. The number of hydrazine groups is 1. The maximum Gasteiger partial charge on any atom is 0.271 e. The van der Waals surface area contributed by atoms with Gasteiger partial charge in [-0.15, -0.1) is 0 Å². The lowest BCUT2D eigenvalue weighted by Crippen LogP contribution is -2.40. The number of rotatable bonds is 6. The zero-order valence-electron chi connectivity index (χ0n) is 17.3. The molecule has 0 atom stereocenters. The highest BCUT2D eigenvalue weighted by Gasteiger charge is 2.16. The molecular weight excluding hydrogens is 392 g/mol. The van der Waals surface area contributed by atoms with Crippen LogP contribution in [0.3, 0.4) is 0 Å². The third-order valence-electron chi connectivity index (χ3n) is 4.60. The van der Waals surface area contributed by atoms with Crippen LogP contribution in [0.2, 0.25) is 0 Å². The van der Waals surface area contributed by atoms with Crippen molar-refractivity contribution < 1.29 is 14.3 Å². The molecule has 0 saturated carbocycles. The van der Waals surface area contributed by atoms with Crippen LogP contribution in [0.4, 0.5) is 0 Å². The number of aromatic nitrogens is 1. The summed E-state index contributed by atoms with van der Waals surface area (Å²) in [5.41, 5.74) is 8.76. The number of benzene rings is 2. The number of carbonyl (C=O) groups excluding carboxylic acids is 2. The van der Waals surface area contributed by atoms with E-state index < -0.39 is 11.8 Å². The fraction of sp³-hybridized carbons (Fsp3) is 0.125. The SMILES string of the molecule is Cc1cc(C(=O)NNC(=O)/C=C/c2ccc(OCC#N)cc2)c(C)n1-c1ccccc1. The first-order valence-electron chi connectivity index (χ1n) is 9.62. The Bertz CT molecular complexity index is 1140. The van der Waals surface area contributed by atoms with Gasteiger partial charge < -0.3 is 9.30 Å². The average Bonchev–Trinajstić information content (AvgIpc) is 3.09. The van der Waals surface area contributed by atoms with Gasteiger partial charge in [-0.3, -0.25) is 20.4 Å². The number of nitrogens with zero attached hydrogens (tertiary/aromatic N) is 2. The van der Waals surface area contributed by atoms with Crippen molar-refractivity contribution in [3.63, 3.8) is 0 Å². The first kappa shape index (κ1) is 21.4. The van der Waals surface area contributed by atoms with E-state index in [1.165, 1.54) is 6.08 Å². The van der Waals surface area contributed by atoms with Crippen LogP contribution in [0.25, 0.3) is 11.8 Å². The van der Waals surface area contributed by atoms with Gasteiger partial charge in [-0.25, -0.2) is 0 Å². The second-order valence-electron chi connectivity index (χ2n) is 6.75. The number of aryl methyl sites for hydroxylation is 1. The molecule has 1 heterocycles. The number of carbonyl (C=O) groups is 2. The van der Waals surface area contributed by atoms with Crippen LogP contribution in [0.5, 0.6) is 5.75 Å². The van der Waals surface area contributed by atoms with E-state index >= 15 is 0 Å². The maximum absolute atomic E-state index is 12.6. The highest BCUT2D eigenvalue weighted by Crippen LogP contribution is 2.20. The number of hydrogen-bond donors (Lipinski definition) is 2. The van der Waals surface area contributed by atoms with Gasteiger partial charge in [0.05, 0.1) is 5.56 Å². The van der Waals surface area contributed by atoms with Gasteiger partial charge in [-0.05, 0) is 55.8 Å². The van der Waals surface area contributed by atoms with Gasteiger partial charge in [-0.2, -0.15) is 5.26 Å². The van der Waals surface area contributed by atoms with Crippen LogP contribution in [0.1, 0.15) is 27.3 Å². The van der Waals surface area contributed by atoms with Gasteiger partial charge in [0, 0.05) is 23.2 Å². The van der Waals surface area contributed by atoms with Crippen molar-refractivity contribution in [3.8, 4) is 17.5 Å². The Balaban J connectivity index is 1.59. The number of hydrogen-bond acceptors (Lipinski definition) is 4. The van der Waals surface area contributed by atoms with Gasteiger partial charge in [0.15, 0.2) is 6.61 Å². The third-order valence-corrected chi connectivity index (χ3v) is 4.60. The molecule has 0 aliphatic rings. The lowest BCUT2D eigenvalue weighted by molar-refractivity contribution is -0.117. The minimum absolute atomic E-state index is 0.0228. The average molecular weight is 414 g/mol. The molecule has 0 aliphatic carbocycles. The summed E-state index contributed by atoms with van der Waals surface area (Å²) in [7, 11) is 0. The molecule has 0 aliphatic heterocycles. The summed E-state index contributed by atoms with van der Waals surface area (Å²) >= 11 is 0. The quantitative estimate of drug-likeness (QED) is 0.477. The lowest BCUT2D eigenvalue weighted by Gasteiger charge is -2.10. The molecule has 3 aromatic rings. The number of ether oxygens (including phenoxy) is 1. The number of nitrogens with one attached hydrogen (secondary N) is 2. The Kier molecular flexibility index (Phi) is 6.86. The molecule has 3 rings (SSSR count). The van der Waals surface area contributed by atoms with Crippen LogP contribution >= 0.6 is 0 Å². The van der Waals surface area contributed by atoms with Crippen molar-refractivity contribution >= 4 is 17.9 Å². The minimum Gasteiger partial charge on any atom is -0.479 e. The van der Waals surface area contributed by atoms with E-state index in [0.29, 0.717) is 11.3 Å². The van der Waals surface area contributed by atoms with Gasteiger partial charge in [0.2, 0.25) is 0 Å². The predicted molar refractivity (Wildman–Crippen MR) is 117 cm³/mol. The zero-order valence-corrected chi connectivity index (χ0v) is 17.3. The fourth-order valence-corrected chi connectivity index (χ4v) is 3.16.